The molecule has 1 aliphatic heterocycles. The molecule has 0 N–H and O–H groups in total. The van der Waals surface area contributed by atoms with Gasteiger partial charge in [-0.3, -0.25) is 9.69 Å². The average Bonchev–Trinajstić information content (AvgIpc) is 2.51. The zero-order chi connectivity index (χ0) is 16.6. The van der Waals surface area contributed by atoms with Gasteiger partial charge in [0.15, 0.2) is 12.4 Å². The van der Waals surface area contributed by atoms with Gasteiger partial charge >= 0.3 is 5.82 Å². The Morgan fingerprint density at radius 2 is 2.17 bits per heavy atom. The van der Waals surface area contributed by atoms with Gasteiger partial charge in [0, 0.05) is 16.1 Å². The number of anilines is 1. The van der Waals surface area contributed by atoms with E-state index in [-0.39, 0.29) is 30.3 Å². The summed E-state index contributed by atoms with van der Waals surface area (Å²) in [7, 11) is 0. The molecule has 0 bridgehead atoms. The zero-order valence-electron chi connectivity index (χ0n) is 11.5. The van der Waals surface area contributed by atoms with Crippen LogP contribution in [0.5, 0.6) is 5.75 Å². The Morgan fingerprint density at radius 1 is 1.39 bits per heavy atom. The fourth-order valence-corrected chi connectivity index (χ4v) is 2.49. The number of aromatic nitrogens is 1. The second-order valence-electron chi connectivity index (χ2n) is 4.75. The fourth-order valence-electron chi connectivity index (χ4n) is 2.15. The maximum atomic E-state index is 14.0. The summed E-state index contributed by atoms with van der Waals surface area (Å²) in [4.78, 5) is 27.3. The number of carbonyl (C=O) groups is 1. The lowest BCUT2D eigenvalue weighted by Crippen LogP contribution is -2.39. The highest BCUT2D eigenvalue weighted by molar-refractivity contribution is 9.10. The molecule has 1 amide bonds. The Hall–Kier alpha value is -2.55. The number of amides is 1. The summed E-state index contributed by atoms with van der Waals surface area (Å²) in [5.41, 5.74) is 0.266. The molecule has 3 rings (SSSR count). The summed E-state index contributed by atoms with van der Waals surface area (Å²) in [5.74, 6) is -1.10. The van der Waals surface area contributed by atoms with Gasteiger partial charge in [0.2, 0.25) is 0 Å². The van der Waals surface area contributed by atoms with Crippen molar-refractivity contribution >= 4 is 33.5 Å². The van der Waals surface area contributed by atoms with Crippen LogP contribution in [0.25, 0.3) is 0 Å². The van der Waals surface area contributed by atoms with E-state index in [1.807, 2.05) is 0 Å². The van der Waals surface area contributed by atoms with E-state index < -0.39 is 22.5 Å². The third kappa shape index (κ3) is 3.00. The van der Waals surface area contributed by atoms with Gasteiger partial charge in [-0.15, -0.1) is 0 Å². The quantitative estimate of drug-likeness (QED) is 0.602. The van der Waals surface area contributed by atoms with Crippen molar-refractivity contribution in [2.75, 3.05) is 11.5 Å². The zero-order valence-corrected chi connectivity index (χ0v) is 13.1. The number of benzene rings is 1. The van der Waals surface area contributed by atoms with Gasteiger partial charge in [0.1, 0.15) is 5.82 Å². The summed E-state index contributed by atoms with van der Waals surface area (Å²) in [6.45, 7) is -0.326. The molecule has 0 saturated carbocycles. The standard InChI is InChI=1S/C14H9BrFN3O4/c15-9-2-1-8(10(16)5-9)6-18-13(20)7-23-11-3-4-12(19(21)22)17-14(11)18/h1-5H,6-7H2. The first-order valence-corrected chi connectivity index (χ1v) is 7.27. The van der Waals surface area contributed by atoms with E-state index in [1.54, 1.807) is 6.07 Å². The third-order valence-corrected chi connectivity index (χ3v) is 3.76. The van der Waals surface area contributed by atoms with E-state index in [0.29, 0.717) is 4.47 Å². The number of hydrogen-bond acceptors (Lipinski definition) is 5. The number of fused-ring (bicyclic) bond motifs is 1. The molecule has 118 valence electrons. The molecule has 7 nitrogen and oxygen atoms in total. The molecule has 2 heterocycles. The fraction of sp³-hybridized carbons (Fsp3) is 0.143. The van der Waals surface area contributed by atoms with Gasteiger partial charge in [-0.2, -0.15) is 0 Å². The van der Waals surface area contributed by atoms with Gasteiger partial charge in [0.25, 0.3) is 11.7 Å². The highest BCUT2D eigenvalue weighted by Gasteiger charge is 2.32. The number of rotatable bonds is 3. The molecule has 0 aliphatic carbocycles. The number of ether oxygens (including phenoxy) is 1. The molecular weight excluding hydrogens is 373 g/mol. The lowest BCUT2D eigenvalue weighted by molar-refractivity contribution is -0.389. The molecule has 0 fully saturated rings. The molecule has 0 radical (unpaired) electrons. The predicted octanol–water partition coefficient (Wildman–Crippen LogP) is 2.82. The van der Waals surface area contributed by atoms with E-state index >= 15 is 0 Å². The maximum Gasteiger partial charge on any atom is 0.366 e. The van der Waals surface area contributed by atoms with Gasteiger partial charge in [-0.05, 0) is 28.1 Å². The number of hydrogen-bond donors (Lipinski definition) is 0. The van der Waals surface area contributed by atoms with Crippen LogP contribution < -0.4 is 9.64 Å². The third-order valence-electron chi connectivity index (χ3n) is 3.26. The van der Waals surface area contributed by atoms with E-state index in [4.69, 9.17) is 4.74 Å². The number of halogens is 2. The summed E-state index contributed by atoms with van der Waals surface area (Å²) in [6, 6.07) is 7.01. The minimum atomic E-state index is -0.669. The molecule has 1 aromatic heterocycles. The number of pyridine rings is 1. The van der Waals surface area contributed by atoms with Crippen molar-refractivity contribution in [3.8, 4) is 5.75 Å². The highest BCUT2D eigenvalue weighted by Crippen LogP contribution is 2.33. The van der Waals surface area contributed by atoms with Crippen LogP contribution in [0.2, 0.25) is 0 Å². The molecule has 0 spiro atoms. The van der Waals surface area contributed by atoms with E-state index in [9.17, 15) is 19.3 Å². The highest BCUT2D eigenvalue weighted by atomic mass is 79.9. The normalized spacial score (nSPS) is 13.5. The first kappa shape index (κ1) is 15.3. The second-order valence-corrected chi connectivity index (χ2v) is 5.67. The Bertz CT molecular complexity index is 815. The van der Waals surface area contributed by atoms with Crippen molar-refractivity contribution in [1.29, 1.82) is 0 Å². The van der Waals surface area contributed by atoms with E-state index in [0.717, 1.165) is 0 Å². The number of nitro groups is 1. The topological polar surface area (TPSA) is 85.6 Å². The van der Waals surface area contributed by atoms with Gasteiger partial charge in [-0.25, -0.2) is 4.39 Å². The van der Waals surface area contributed by atoms with Gasteiger partial charge in [-0.1, -0.05) is 22.0 Å². The van der Waals surface area contributed by atoms with Crippen molar-refractivity contribution < 1.29 is 18.8 Å². The lowest BCUT2D eigenvalue weighted by atomic mass is 10.2. The first-order valence-electron chi connectivity index (χ1n) is 6.48. The van der Waals surface area contributed by atoms with Crippen LogP contribution >= 0.6 is 15.9 Å². The van der Waals surface area contributed by atoms with Crippen LogP contribution in [0, 0.1) is 15.9 Å². The van der Waals surface area contributed by atoms with Crippen LogP contribution in [-0.4, -0.2) is 22.4 Å². The molecule has 9 heteroatoms. The number of carbonyl (C=O) groups excluding carboxylic acids is 1. The summed E-state index contributed by atoms with van der Waals surface area (Å²) >= 11 is 3.16. The summed E-state index contributed by atoms with van der Waals surface area (Å²) in [5, 5.41) is 10.9. The molecule has 1 aliphatic rings. The molecule has 0 atom stereocenters. The SMILES string of the molecule is O=C1COc2ccc([N+](=O)[O-])nc2N1Cc1ccc(Br)cc1F. The molecule has 0 unspecified atom stereocenters. The van der Waals surface area contributed by atoms with Crippen molar-refractivity contribution in [3.05, 3.63) is 56.3 Å². The minimum absolute atomic E-state index is 0.0118. The molecule has 1 aromatic carbocycles. The van der Waals surface area contributed by atoms with E-state index in [2.05, 4.69) is 20.9 Å². The average molecular weight is 382 g/mol. The molecule has 23 heavy (non-hydrogen) atoms. The Morgan fingerprint density at radius 3 is 2.87 bits per heavy atom. The lowest BCUT2D eigenvalue weighted by Gasteiger charge is -2.25. The maximum absolute atomic E-state index is 14.0. The van der Waals surface area contributed by atoms with Crippen LogP contribution in [-0.2, 0) is 11.3 Å². The van der Waals surface area contributed by atoms with Crippen LogP contribution in [0.1, 0.15) is 5.56 Å². The molecule has 2 aromatic rings. The molecule has 0 saturated heterocycles. The van der Waals surface area contributed by atoms with Crippen molar-refractivity contribution in [3.63, 3.8) is 0 Å². The Kier molecular flexibility index (Phi) is 3.95. The predicted molar refractivity (Wildman–Crippen MR) is 81.7 cm³/mol. The Labute approximate surface area is 138 Å². The summed E-state index contributed by atoms with van der Waals surface area (Å²) < 4.78 is 19.8. The minimum Gasteiger partial charge on any atom is -0.477 e. The van der Waals surface area contributed by atoms with Crippen LogP contribution in [0.15, 0.2) is 34.8 Å². The second kappa shape index (κ2) is 5.92. The van der Waals surface area contributed by atoms with Crippen molar-refractivity contribution in [2.45, 2.75) is 6.54 Å². The summed E-state index contributed by atoms with van der Waals surface area (Å²) in [6.07, 6.45) is 0. The van der Waals surface area contributed by atoms with Gasteiger partial charge < -0.3 is 14.9 Å². The van der Waals surface area contributed by atoms with Gasteiger partial charge in [0.05, 0.1) is 6.54 Å². The van der Waals surface area contributed by atoms with Crippen LogP contribution in [0.3, 0.4) is 0 Å². The Balaban J connectivity index is 2.00. The van der Waals surface area contributed by atoms with E-state index in [1.165, 1.54) is 29.2 Å². The molecular formula is C14H9BrFN3O4. The smallest absolute Gasteiger partial charge is 0.366 e. The van der Waals surface area contributed by atoms with Crippen LogP contribution in [0.4, 0.5) is 16.0 Å². The van der Waals surface area contributed by atoms with Crippen molar-refractivity contribution in [2.24, 2.45) is 0 Å². The largest absolute Gasteiger partial charge is 0.477 e. The van der Waals surface area contributed by atoms with Crippen molar-refractivity contribution in [1.82, 2.24) is 4.98 Å². The number of nitrogens with zero attached hydrogens (tertiary/aromatic N) is 3. The monoisotopic (exact) mass is 381 g/mol. The first-order chi connectivity index (χ1) is 11.0.